The van der Waals surface area contributed by atoms with E-state index in [9.17, 15) is 0 Å². The smallest absolute Gasteiger partial charge is 0.117 e. The molecule has 0 fully saturated rings. The van der Waals surface area contributed by atoms with Crippen LogP contribution in [0.5, 0.6) is 0 Å². The predicted molar refractivity (Wildman–Crippen MR) is 46.0 cm³/mol. The lowest BCUT2D eigenvalue weighted by atomic mass is 10.0. The summed E-state index contributed by atoms with van der Waals surface area (Å²) in [6, 6.07) is 0. The minimum absolute atomic E-state index is 0.394. The van der Waals surface area contributed by atoms with Gasteiger partial charge < -0.3 is 10.5 Å². The molecule has 1 aliphatic rings. The lowest BCUT2D eigenvalue weighted by Crippen LogP contribution is -2.30. The summed E-state index contributed by atoms with van der Waals surface area (Å²) in [5.41, 5.74) is 5.47. The van der Waals surface area contributed by atoms with E-state index >= 15 is 0 Å². The lowest BCUT2D eigenvalue weighted by Gasteiger charge is -2.14. The van der Waals surface area contributed by atoms with Gasteiger partial charge in [0.1, 0.15) is 5.76 Å². The van der Waals surface area contributed by atoms with E-state index in [1.54, 1.807) is 7.11 Å². The van der Waals surface area contributed by atoms with E-state index in [0.717, 1.165) is 5.76 Å². The fraction of sp³-hybridized carbons (Fsp3) is 0.333. The summed E-state index contributed by atoms with van der Waals surface area (Å²) in [5.74, 6) is 0.806. The molecule has 0 radical (unpaired) electrons. The molecule has 60 valence electrons. The van der Waals surface area contributed by atoms with Gasteiger partial charge in [-0.1, -0.05) is 18.2 Å². The molecule has 0 bridgehead atoms. The van der Waals surface area contributed by atoms with Crippen LogP contribution < -0.4 is 5.73 Å². The zero-order chi connectivity index (χ0) is 8.32. The number of ether oxygens (including phenoxy) is 1. The Balaban J connectivity index is 2.90. The van der Waals surface area contributed by atoms with Crippen LogP contribution in [0.15, 0.2) is 36.1 Å². The second kappa shape index (κ2) is 2.93. The second-order valence-electron chi connectivity index (χ2n) is 2.84. The Labute approximate surface area is 67.0 Å². The summed E-state index contributed by atoms with van der Waals surface area (Å²) in [6.07, 6.45) is 9.52. The number of hydrogen-bond donors (Lipinski definition) is 1. The van der Waals surface area contributed by atoms with Crippen molar-refractivity contribution in [3.05, 3.63) is 36.1 Å². The Morgan fingerprint density at radius 1 is 1.45 bits per heavy atom. The van der Waals surface area contributed by atoms with Crippen LogP contribution in [-0.2, 0) is 4.74 Å². The Bertz CT molecular complexity index is 224. The standard InChI is InChI=1S/C9H13NO/c1-9(10)6-4-3-5-8(7-9)11-2/h3-7H,10H2,1-2H3. The molecule has 1 atom stereocenters. The van der Waals surface area contributed by atoms with Crippen LogP contribution >= 0.6 is 0 Å². The van der Waals surface area contributed by atoms with E-state index in [1.165, 1.54) is 0 Å². The van der Waals surface area contributed by atoms with E-state index in [2.05, 4.69) is 0 Å². The van der Waals surface area contributed by atoms with Crippen LogP contribution in [-0.4, -0.2) is 12.6 Å². The van der Waals surface area contributed by atoms with Crippen molar-refractivity contribution in [2.75, 3.05) is 7.11 Å². The Morgan fingerprint density at radius 3 is 2.82 bits per heavy atom. The van der Waals surface area contributed by atoms with Crippen molar-refractivity contribution in [2.24, 2.45) is 5.73 Å². The number of hydrogen-bond acceptors (Lipinski definition) is 2. The summed E-state index contributed by atoms with van der Waals surface area (Å²) >= 11 is 0. The summed E-state index contributed by atoms with van der Waals surface area (Å²) in [6.45, 7) is 1.93. The average molecular weight is 151 g/mol. The molecular formula is C9H13NO. The van der Waals surface area contributed by atoms with Gasteiger partial charge in [-0.15, -0.1) is 0 Å². The molecule has 0 aliphatic heterocycles. The molecule has 1 unspecified atom stereocenters. The first-order valence-corrected chi connectivity index (χ1v) is 3.56. The van der Waals surface area contributed by atoms with Crippen molar-refractivity contribution in [3.8, 4) is 0 Å². The maximum atomic E-state index is 5.86. The third-order valence-corrected chi connectivity index (χ3v) is 1.52. The van der Waals surface area contributed by atoms with E-state index in [0.29, 0.717) is 0 Å². The largest absolute Gasteiger partial charge is 0.497 e. The molecule has 0 saturated carbocycles. The third-order valence-electron chi connectivity index (χ3n) is 1.52. The molecule has 0 aromatic heterocycles. The summed E-state index contributed by atoms with van der Waals surface area (Å²) in [5, 5.41) is 0. The van der Waals surface area contributed by atoms with Crippen LogP contribution in [0.1, 0.15) is 6.92 Å². The van der Waals surface area contributed by atoms with Gasteiger partial charge in [-0.2, -0.15) is 0 Å². The minimum atomic E-state index is -0.394. The van der Waals surface area contributed by atoms with Crippen LogP contribution in [0, 0.1) is 0 Å². The molecule has 0 amide bonds. The Hall–Kier alpha value is -1.02. The molecule has 1 rings (SSSR count). The Morgan fingerprint density at radius 2 is 2.18 bits per heavy atom. The molecule has 11 heavy (non-hydrogen) atoms. The van der Waals surface area contributed by atoms with Crippen LogP contribution in [0.25, 0.3) is 0 Å². The summed E-state index contributed by atoms with van der Waals surface area (Å²) in [4.78, 5) is 0. The van der Waals surface area contributed by atoms with E-state index in [-0.39, 0.29) is 0 Å². The summed E-state index contributed by atoms with van der Waals surface area (Å²) in [7, 11) is 1.64. The van der Waals surface area contributed by atoms with Crippen LogP contribution in [0.2, 0.25) is 0 Å². The number of nitrogens with two attached hydrogens (primary N) is 1. The van der Waals surface area contributed by atoms with Gasteiger partial charge in [-0.05, 0) is 19.1 Å². The summed E-state index contributed by atoms with van der Waals surface area (Å²) < 4.78 is 5.06. The van der Waals surface area contributed by atoms with Crippen molar-refractivity contribution in [3.63, 3.8) is 0 Å². The van der Waals surface area contributed by atoms with Crippen LogP contribution in [0.3, 0.4) is 0 Å². The van der Waals surface area contributed by atoms with Gasteiger partial charge in [0.15, 0.2) is 0 Å². The minimum Gasteiger partial charge on any atom is -0.497 e. The SMILES string of the molecule is COC1=CC(C)(N)C=CC=C1. The van der Waals surface area contributed by atoms with Gasteiger partial charge in [-0.25, -0.2) is 0 Å². The van der Waals surface area contributed by atoms with Crippen molar-refractivity contribution in [1.29, 1.82) is 0 Å². The van der Waals surface area contributed by atoms with Crippen molar-refractivity contribution >= 4 is 0 Å². The molecule has 2 nitrogen and oxygen atoms in total. The lowest BCUT2D eigenvalue weighted by molar-refractivity contribution is 0.303. The number of methoxy groups -OCH3 is 1. The molecule has 2 heteroatoms. The molecule has 0 heterocycles. The van der Waals surface area contributed by atoms with Gasteiger partial charge in [0.25, 0.3) is 0 Å². The Kier molecular flexibility index (Phi) is 2.15. The average Bonchev–Trinajstić information content (AvgIpc) is 2.10. The highest BCUT2D eigenvalue weighted by Crippen LogP contribution is 2.12. The fourth-order valence-corrected chi connectivity index (χ4v) is 0.943. The van der Waals surface area contributed by atoms with E-state index in [4.69, 9.17) is 10.5 Å². The normalized spacial score (nSPS) is 29.5. The molecule has 0 saturated heterocycles. The highest BCUT2D eigenvalue weighted by molar-refractivity contribution is 5.30. The van der Waals surface area contributed by atoms with Gasteiger partial charge >= 0.3 is 0 Å². The van der Waals surface area contributed by atoms with Crippen LogP contribution in [0.4, 0.5) is 0 Å². The quantitative estimate of drug-likeness (QED) is 0.614. The van der Waals surface area contributed by atoms with E-state index < -0.39 is 5.54 Å². The molecule has 0 spiro atoms. The molecule has 1 aliphatic carbocycles. The topological polar surface area (TPSA) is 35.2 Å². The fourth-order valence-electron chi connectivity index (χ4n) is 0.943. The molecule has 0 aromatic carbocycles. The number of allylic oxidation sites excluding steroid dienone is 3. The van der Waals surface area contributed by atoms with Crippen molar-refractivity contribution in [2.45, 2.75) is 12.5 Å². The van der Waals surface area contributed by atoms with Gasteiger partial charge in [0.2, 0.25) is 0 Å². The monoisotopic (exact) mass is 151 g/mol. The predicted octanol–water partition coefficient (Wildman–Crippen LogP) is 1.36. The molecule has 0 aromatic rings. The molecule has 2 N–H and O–H groups in total. The zero-order valence-electron chi connectivity index (χ0n) is 6.87. The first-order valence-electron chi connectivity index (χ1n) is 3.56. The first-order chi connectivity index (χ1) is 5.14. The zero-order valence-corrected chi connectivity index (χ0v) is 6.87. The highest BCUT2D eigenvalue weighted by atomic mass is 16.5. The van der Waals surface area contributed by atoms with Gasteiger partial charge in [0, 0.05) is 0 Å². The van der Waals surface area contributed by atoms with Crippen molar-refractivity contribution in [1.82, 2.24) is 0 Å². The van der Waals surface area contributed by atoms with Crippen molar-refractivity contribution < 1.29 is 4.74 Å². The second-order valence-corrected chi connectivity index (χ2v) is 2.84. The molecular weight excluding hydrogens is 138 g/mol. The maximum Gasteiger partial charge on any atom is 0.117 e. The van der Waals surface area contributed by atoms with Gasteiger partial charge in [-0.3, -0.25) is 0 Å². The van der Waals surface area contributed by atoms with E-state index in [1.807, 2.05) is 37.3 Å². The third kappa shape index (κ3) is 2.24. The maximum absolute atomic E-state index is 5.86. The highest BCUT2D eigenvalue weighted by Gasteiger charge is 2.12. The first kappa shape index (κ1) is 8.08. The number of rotatable bonds is 1. The van der Waals surface area contributed by atoms with Gasteiger partial charge in [0.05, 0.1) is 12.6 Å².